The first-order valence-corrected chi connectivity index (χ1v) is 6.89. The summed E-state index contributed by atoms with van der Waals surface area (Å²) in [5, 5.41) is 0.995. The summed E-state index contributed by atoms with van der Waals surface area (Å²) in [6, 6.07) is 3.96. The van der Waals surface area contributed by atoms with Crippen LogP contribution in [0.15, 0.2) is 23.0 Å². The molecule has 19 heavy (non-hydrogen) atoms. The summed E-state index contributed by atoms with van der Waals surface area (Å²) in [7, 11) is 0. The fraction of sp³-hybridized carbons (Fsp3) is 0.333. The highest BCUT2D eigenvalue weighted by Crippen LogP contribution is 2.16. The number of halogens is 1. The lowest BCUT2D eigenvalue weighted by Crippen LogP contribution is -2.12. The summed E-state index contributed by atoms with van der Waals surface area (Å²) < 4.78 is 0. The summed E-state index contributed by atoms with van der Waals surface area (Å²) in [6.45, 7) is 3.78. The number of rotatable bonds is 4. The second-order valence-corrected chi connectivity index (χ2v) is 4.95. The van der Waals surface area contributed by atoms with E-state index in [4.69, 9.17) is 11.6 Å². The van der Waals surface area contributed by atoms with Gasteiger partial charge in [0.15, 0.2) is 0 Å². The molecule has 0 radical (unpaired) electrons. The lowest BCUT2D eigenvalue weighted by atomic mass is 10.1. The van der Waals surface area contributed by atoms with Gasteiger partial charge in [0.2, 0.25) is 0 Å². The van der Waals surface area contributed by atoms with Gasteiger partial charge in [0.1, 0.15) is 5.65 Å². The zero-order chi connectivity index (χ0) is 13.8. The van der Waals surface area contributed by atoms with Crippen LogP contribution in [-0.4, -0.2) is 15.8 Å². The van der Waals surface area contributed by atoms with Crippen molar-refractivity contribution in [3.8, 4) is 0 Å². The number of fused-ring (bicyclic) bond motifs is 1. The zero-order valence-electron chi connectivity index (χ0n) is 11.2. The van der Waals surface area contributed by atoms with E-state index in [0.717, 1.165) is 35.0 Å². The van der Waals surface area contributed by atoms with Gasteiger partial charge in [0.05, 0.1) is 5.69 Å². The van der Waals surface area contributed by atoms with E-state index >= 15 is 0 Å². The Balaban J connectivity index is 2.39. The van der Waals surface area contributed by atoms with Gasteiger partial charge in [-0.15, -0.1) is 11.6 Å². The molecule has 2 heterocycles. The third kappa shape index (κ3) is 3.04. The van der Waals surface area contributed by atoms with Crippen LogP contribution in [-0.2, 0) is 0 Å². The minimum atomic E-state index is -0.0687. The molecule has 0 atom stereocenters. The summed E-state index contributed by atoms with van der Waals surface area (Å²) >= 11 is 5.62. The van der Waals surface area contributed by atoms with Gasteiger partial charge in [-0.3, -0.25) is 4.79 Å². The number of allylic oxidation sites excluding steroid dienone is 1. The summed E-state index contributed by atoms with van der Waals surface area (Å²) in [6.07, 6.45) is 5.91. The van der Waals surface area contributed by atoms with Crippen LogP contribution in [0.4, 0.5) is 0 Å². The van der Waals surface area contributed by atoms with Gasteiger partial charge in [0, 0.05) is 16.8 Å². The van der Waals surface area contributed by atoms with Gasteiger partial charge >= 0.3 is 0 Å². The number of alkyl halides is 1. The van der Waals surface area contributed by atoms with Crippen LogP contribution < -0.4 is 5.56 Å². The third-order valence-corrected chi connectivity index (χ3v) is 3.52. The zero-order valence-corrected chi connectivity index (χ0v) is 11.9. The van der Waals surface area contributed by atoms with Crippen molar-refractivity contribution in [2.45, 2.75) is 26.7 Å². The minimum Gasteiger partial charge on any atom is -0.306 e. The summed E-state index contributed by atoms with van der Waals surface area (Å²) in [5.41, 5.74) is 3.16. The first-order valence-electron chi connectivity index (χ1n) is 6.36. The number of aryl methyl sites for hydroxylation is 1. The van der Waals surface area contributed by atoms with Crippen molar-refractivity contribution < 1.29 is 0 Å². The first kappa shape index (κ1) is 13.8. The lowest BCUT2D eigenvalue weighted by molar-refractivity contribution is 0.969. The number of aromatic nitrogens is 2. The average molecular weight is 277 g/mol. The number of nitrogens with zero attached hydrogens (tertiary/aromatic N) is 1. The van der Waals surface area contributed by atoms with Crippen LogP contribution in [0.2, 0.25) is 0 Å². The third-order valence-electron chi connectivity index (χ3n) is 3.25. The van der Waals surface area contributed by atoms with Crippen molar-refractivity contribution in [1.29, 1.82) is 0 Å². The smallest absolute Gasteiger partial charge is 0.252 e. The fourth-order valence-electron chi connectivity index (χ4n) is 1.94. The topological polar surface area (TPSA) is 45.8 Å². The quantitative estimate of drug-likeness (QED) is 0.685. The molecule has 0 saturated carbocycles. The second-order valence-electron chi connectivity index (χ2n) is 4.57. The standard InChI is InChI=1S/C15H17ClN2O/c1-10-11(2)15(19)18-14-13(10)8-7-12(17-14)6-4-3-5-9-16/h4,6-8H,3,5,9H2,1-2H3,(H,17,18,19). The molecule has 3 nitrogen and oxygen atoms in total. The molecule has 2 rings (SSSR count). The van der Waals surface area contributed by atoms with Crippen molar-refractivity contribution >= 4 is 28.7 Å². The number of hydrogen-bond acceptors (Lipinski definition) is 2. The Morgan fingerprint density at radius 3 is 2.84 bits per heavy atom. The van der Waals surface area contributed by atoms with Crippen LogP contribution in [0.5, 0.6) is 0 Å². The normalized spacial score (nSPS) is 11.5. The molecule has 100 valence electrons. The second kappa shape index (κ2) is 6.02. The van der Waals surface area contributed by atoms with Crippen molar-refractivity contribution in [3.05, 3.63) is 45.4 Å². The van der Waals surface area contributed by atoms with E-state index in [-0.39, 0.29) is 5.56 Å². The Morgan fingerprint density at radius 1 is 1.32 bits per heavy atom. The number of unbranched alkanes of at least 4 members (excludes halogenated alkanes) is 1. The lowest BCUT2D eigenvalue weighted by Gasteiger charge is -2.05. The Labute approximate surface area is 117 Å². The Hall–Kier alpha value is -1.61. The molecule has 0 bridgehead atoms. The number of pyridine rings is 2. The molecule has 2 aromatic rings. The SMILES string of the molecule is Cc1c(C)c2ccc(C=CCCCCl)nc2[nH]c1=O. The maximum Gasteiger partial charge on any atom is 0.252 e. The van der Waals surface area contributed by atoms with Crippen LogP contribution in [0.25, 0.3) is 17.1 Å². The van der Waals surface area contributed by atoms with Crippen molar-refractivity contribution in [1.82, 2.24) is 9.97 Å². The van der Waals surface area contributed by atoms with E-state index in [1.54, 1.807) is 0 Å². The molecule has 0 aromatic carbocycles. The van der Waals surface area contributed by atoms with Crippen LogP contribution in [0.1, 0.15) is 29.7 Å². The van der Waals surface area contributed by atoms with Gasteiger partial charge in [-0.25, -0.2) is 4.98 Å². The molecule has 0 aliphatic rings. The summed E-state index contributed by atoms with van der Waals surface area (Å²) in [5.74, 6) is 0.668. The van der Waals surface area contributed by atoms with Crippen molar-refractivity contribution in [3.63, 3.8) is 0 Å². The van der Waals surface area contributed by atoms with Gasteiger partial charge in [0.25, 0.3) is 5.56 Å². The van der Waals surface area contributed by atoms with Gasteiger partial charge in [-0.1, -0.05) is 6.08 Å². The predicted octanol–water partition coefficient (Wildman–Crippen LogP) is 3.57. The number of H-pyrrole nitrogens is 1. The molecule has 1 N–H and O–H groups in total. The molecule has 0 aliphatic carbocycles. The molecule has 0 unspecified atom stereocenters. The first-order chi connectivity index (χ1) is 9.13. The molecule has 0 amide bonds. The average Bonchev–Trinajstić information content (AvgIpc) is 2.41. The highest BCUT2D eigenvalue weighted by Gasteiger charge is 2.05. The largest absolute Gasteiger partial charge is 0.306 e. The molecular weight excluding hydrogens is 260 g/mol. The Kier molecular flexibility index (Phi) is 4.38. The van der Waals surface area contributed by atoms with E-state index in [1.165, 1.54) is 0 Å². The van der Waals surface area contributed by atoms with Crippen molar-refractivity contribution in [2.24, 2.45) is 0 Å². The fourth-order valence-corrected chi connectivity index (χ4v) is 2.09. The number of hydrogen-bond donors (Lipinski definition) is 1. The molecule has 0 aliphatic heterocycles. The van der Waals surface area contributed by atoms with Crippen LogP contribution in [0, 0.1) is 13.8 Å². The highest BCUT2D eigenvalue weighted by molar-refractivity contribution is 6.17. The van der Waals surface area contributed by atoms with Gasteiger partial charge < -0.3 is 4.98 Å². The van der Waals surface area contributed by atoms with E-state index in [9.17, 15) is 4.79 Å². The van der Waals surface area contributed by atoms with E-state index in [0.29, 0.717) is 11.5 Å². The molecule has 0 saturated heterocycles. The monoisotopic (exact) mass is 276 g/mol. The summed E-state index contributed by atoms with van der Waals surface area (Å²) in [4.78, 5) is 19.0. The molecular formula is C15H17ClN2O. The molecule has 4 heteroatoms. The van der Waals surface area contributed by atoms with Gasteiger partial charge in [-0.05, 0) is 50.5 Å². The maximum atomic E-state index is 11.7. The predicted molar refractivity (Wildman–Crippen MR) is 80.8 cm³/mol. The Bertz CT molecular complexity index is 674. The van der Waals surface area contributed by atoms with E-state index < -0.39 is 0 Å². The number of nitrogens with one attached hydrogen (secondary N) is 1. The molecule has 2 aromatic heterocycles. The highest BCUT2D eigenvalue weighted by atomic mass is 35.5. The van der Waals surface area contributed by atoms with Crippen LogP contribution in [0.3, 0.4) is 0 Å². The molecule has 0 spiro atoms. The van der Waals surface area contributed by atoms with Crippen molar-refractivity contribution in [2.75, 3.05) is 5.88 Å². The number of aromatic amines is 1. The van der Waals surface area contributed by atoms with E-state index in [1.807, 2.05) is 32.1 Å². The molecule has 0 fully saturated rings. The maximum absolute atomic E-state index is 11.7. The Morgan fingerprint density at radius 2 is 2.11 bits per heavy atom. The minimum absolute atomic E-state index is 0.0687. The van der Waals surface area contributed by atoms with Gasteiger partial charge in [-0.2, -0.15) is 0 Å². The van der Waals surface area contributed by atoms with E-state index in [2.05, 4.69) is 16.0 Å². The van der Waals surface area contributed by atoms with Crippen LogP contribution >= 0.6 is 11.6 Å².